The van der Waals surface area contributed by atoms with Crippen molar-refractivity contribution in [1.29, 1.82) is 0 Å². The van der Waals surface area contributed by atoms with Gasteiger partial charge >= 0.3 is 0 Å². The third-order valence-electron chi connectivity index (χ3n) is 5.18. The van der Waals surface area contributed by atoms with Crippen LogP contribution >= 0.6 is 23.2 Å². The van der Waals surface area contributed by atoms with E-state index in [0.717, 1.165) is 5.56 Å². The summed E-state index contributed by atoms with van der Waals surface area (Å²) in [6.45, 7) is 2.43. The van der Waals surface area contributed by atoms with Gasteiger partial charge in [-0.25, -0.2) is 8.42 Å². The molecule has 0 spiro atoms. The minimum atomic E-state index is -3.83. The summed E-state index contributed by atoms with van der Waals surface area (Å²) < 4.78 is 32.6. The number of hydrogen-bond donors (Lipinski definition) is 0. The number of benzene rings is 2. The molecule has 2 aromatic carbocycles. The Kier molecular flexibility index (Phi) is 6.07. The highest BCUT2D eigenvalue weighted by Gasteiger charge is 2.34. The molecule has 0 bridgehead atoms. The van der Waals surface area contributed by atoms with Gasteiger partial charge in [-0.15, -0.1) is 0 Å². The van der Waals surface area contributed by atoms with Crippen molar-refractivity contribution in [3.8, 4) is 11.3 Å². The van der Waals surface area contributed by atoms with Gasteiger partial charge in [0.1, 0.15) is 21.9 Å². The number of rotatable bonds is 4. The molecule has 4 rings (SSSR count). The Hall–Kier alpha value is -2.39. The number of sulfonamides is 1. The Bertz CT molecular complexity index is 1220. The molecule has 31 heavy (non-hydrogen) atoms. The predicted molar refractivity (Wildman–Crippen MR) is 118 cm³/mol. The lowest BCUT2D eigenvalue weighted by molar-refractivity contribution is 0.0696. The third kappa shape index (κ3) is 4.08. The Morgan fingerprint density at radius 3 is 2.35 bits per heavy atom. The van der Waals surface area contributed by atoms with Crippen LogP contribution in [0.3, 0.4) is 0 Å². The molecule has 0 saturated carbocycles. The number of carbonyl (C=O) groups excluding carboxylic acids is 1. The van der Waals surface area contributed by atoms with Crippen LogP contribution < -0.4 is 0 Å². The zero-order chi connectivity index (χ0) is 22.2. The van der Waals surface area contributed by atoms with E-state index < -0.39 is 10.0 Å². The van der Waals surface area contributed by atoms with Crippen molar-refractivity contribution in [2.24, 2.45) is 0 Å². The molecule has 1 aromatic heterocycles. The Labute approximate surface area is 190 Å². The SMILES string of the molecule is Cc1onc(-c2ccccc2)c1C(=O)N1CCN(S(=O)(=O)c2cccc(Cl)c2Cl)CC1. The van der Waals surface area contributed by atoms with Crippen molar-refractivity contribution in [3.05, 3.63) is 69.9 Å². The number of amides is 1. The first-order chi connectivity index (χ1) is 14.8. The van der Waals surface area contributed by atoms with E-state index in [4.69, 9.17) is 27.7 Å². The summed E-state index contributed by atoms with van der Waals surface area (Å²) in [5.41, 5.74) is 1.64. The fourth-order valence-electron chi connectivity index (χ4n) is 3.53. The van der Waals surface area contributed by atoms with Crippen molar-refractivity contribution in [2.75, 3.05) is 26.2 Å². The van der Waals surface area contributed by atoms with Crippen molar-refractivity contribution in [2.45, 2.75) is 11.8 Å². The third-order valence-corrected chi connectivity index (χ3v) is 8.06. The Morgan fingerprint density at radius 1 is 1.00 bits per heavy atom. The lowest BCUT2D eigenvalue weighted by Gasteiger charge is -2.34. The molecule has 1 aliphatic heterocycles. The van der Waals surface area contributed by atoms with Crippen LogP contribution in [0.25, 0.3) is 11.3 Å². The van der Waals surface area contributed by atoms with Crippen LogP contribution in [0, 0.1) is 6.92 Å². The van der Waals surface area contributed by atoms with Crippen molar-refractivity contribution >= 4 is 39.1 Å². The second-order valence-corrected chi connectivity index (χ2v) is 9.77. The van der Waals surface area contributed by atoms with E-state index in [1.165, 1.54) is 16.4 Å². The molecule has 0 unspecified atom stereocenters. The Balaban J connectivity index is 1.53. The molecule has 3 aromatic rings. The highest BCUT2D eigenvalue weighted by Crippen LogP contribution is 2.32. The Morgan fingerprint density at radius 2 is 1.68 bits per heavy atom. The quantitative estimate of drug-likeness (QED) is 0.562. The standard InChI is InChI=1S/C21H19Cl2N3O4S/c1-14-18(20(24-30-14)15-6-3-2-4-7-15)21(27)25-10-12-26(13-11-25)31(28,29)17-9-5-8-16(22)19(17)23/h2-9H,10-13H2,1H3. The van der Waals surface area contributed by atoms with E-state index >= 15 is 0 Å². The largest absolute Gasteiger partial charge is 0.360 e. The molecular weight excluding hydrogens is 461 g/mol. The molecular formula is C21H19Cl2N3O4S. The number of nitrogens with zero attached hydrogens (tertiary/aromatic N) is 3. The first-order valence-corrected chi connectivity index (χ1v) is 11.8. The number of aryl methyl sites for hydroxylation is 1. The molecule has 1 amide bonds. The van der Waals surface area contributed by atoms with Gasteiger partial charge < -0.3 is 9.42 Å². The number of piperazine rings is 1. The summed E-state index contributed by atoms with van der Waals surface area (Å²) in [5, 5.41) is 4.23. The van der Waals surface area contributed by atoms with Gasteiger partial charge in [0.05, 0.1) is 10.0 Å². The maximum absolute atomic E-state index is 13.2. The molecule has 1 aliphatic rings. The topological polar surface area (TPSA) is 83.7 Å². The molecule has 162 valence electrons. The monoisotopic (exact) mass is 479 g/mol. The summed E-state index contributed by atoms with van der Waals surface area (Å²) in [6, 6.07) is 13.8. The first kappa shape index (κ1) is 21.8. The maximum Gasteiger partial charge on any atom is 0.259 e. The molecule has 1 fully saturated rings. The second-order valence-electron chi connectivity index (χ2n) is 7.08. The van der Waals surface area contributed by atoms with E-state index in [2.05, 4.69) is 5.16 Å². The van der Waals surface area contributed by atoms with Crippen molar-refractivity contribution in [1.82, 2.24) is 14.4 Å². The van der Waals surface area contributed by atoms with Crippen molar-refractivity contribution in [3.63, 3.8) is 0 Å². The average Bonchev–Trinajstić information content (AvgIpc) is 3.17. The average molecular weight is 480 g/mol. The zero-order valence-corrected chi connectivity index (χ0v) is 18.9. The number of hydrogen-bond acceptors (Lipinski definition) is 5. The minimum Gasteiger partial charge on any atom is -0.360 e. The van der Waals surface area contributed by atoms with Gasteiger partial charge in [0.2, 0.25) is 10.0 Å². The second kappa shape index (κ2) is 8.63. The lowest BCUT2D eigenvalue weighted by Crippen LogP contribution is -2.50. The van der Waals surface area contributed by atoms with Gasteiger partial charge in [0.15, 0.2) is 0 Å². The minimum absolute atomic E-state index is 0.00438. The molecule has 10 heteroatoms. The van der Waals surface area contributed by atoms with E-state index in [1.807, 2.05) is 30.3 Å². The van der Waals surface area contributed by atoms with Crippen LogP contribution in [0.2, 0.25) is 10.0 Å². The summed E-state index contributed by atoms with van der Waals surface area (Å²) in [5.74, 6) is 0.181. The zero-order valence-electron chi connectivity index (χ0n) is 16.6. The van der Waals surface area contributed by atoms with Crippen molar-refractivity contribution < 1.29 is 17.7 Å². The van der Waals surface area contributed by atoms with Crippen LogP contribution in [-0.2, 0) is 10.0 Å². The number of halogens is 2. The number of aromatic nitrogens is 1. The van der Waals surface area contributed by atoms with E-state index in [9.17, 15) is 13.2 Å². The van der Waals surface area contributed by atoms with Gasteiger partial charge in [0, 0.05) is 31.7 Å². The summed E-state index contributed by atoms with van der Waals surface area (Å²) in [7, 11) is -3.83. The van der Waals surface area contributed by atoms with Gasteiger partial charge in [0.25, 0.3) is 5.91 Å². The summed E-state index contributed by atoms with van der Waals surface area (Å²) in [6.07, 6.45) is 0. The van der Waals surface area contributed by atoms with Crippen LogP contribution in [0.1, 0.15) is 16.1 Å². The summed E-state index contributed by atoms with van der Waals surface area (Å²) in [4.78, 5) is 14.8. The highest BCUT2D eigenvalue weighted by molar-refractivity contribution is 7.89. The molecule has 0 atom stereocenters. The van der Waals surface area contributed by atoms with Gasteiger partial charge in [-0.2, -0.15) is 4.31 Å². The molecule has 0 radical (unpaired) electrons. The fourth-order valence-corrected chi connectivity index (χ4v) is 5.69. The van der Waals surface area contributed by atoms with Crippen LogP contribution in [-0.4, -0.2) is 54.9 Å². The normalized spacial score (nSPS) is 15.3. The van der Waals surface area contributed by atoms with E-state index in [0.29, 0.717) is 17.0 Å². The van der Waals surface area contributed by atoms with Gasteiger partial charge in [-0.05, 0) is 19.1 Å². The number of carbonyl (C=O) groups is 1. The van der Waals surface area contributed by atoms with E-state index in [1.54, 1.807) is 17.9 Å². The maximum atomic E-state index is 13.2. The van der Waals surface area contributed by atoms with Crippen LogP contribution in [0.5, 0.6) is 0 Å². The molecule has 2 heterocycles. The van der Waals surface area contributed by atoms with E-state index in [-0.39, 0.29) is 47.0 Å². The smallest absolute Gasteiger partial charge is 0.259 e. The fraction of sp³-hybridized carbons (Fsp3) is 0.238. The summed E-state index contributed by atoms with van der Waals surface area (Å²) >= 11 is 12.1. The van der Waals surface area contributed by atoms with Crippen LogP contribution in [0.15, 0.2) is 57.9 Å². The van der Waals surface area contributed by atoms with Gasteiger partial charge in [-0.1, -0.05) is 64.8 Å². The molecule has 0 aliphatic carbocycles. The van der Waals surface area contributed by atoms with Gasteiger partial charge in [-0.3, -0.25) is 4.79 Å². The predicted octanol–water partition coefficient (Wildman–Crippen LogP) is 4.10. The van der Waals surface area contributed by atoms with Crippen LogP contribution in [0.4, 0.5) is 0 Å². The first-order valence-electron chi connectivity index (χ1n) is 9.56. The molecule has 1 saturated heterocycles. The lowest BCUT2D eigenvalue weighted by atomic mass is 10.0. The highest BCUT2D eigenvalue weighted by atomic mass is 35.5. The molecule has 7 nitrogen and oxygen atoms in total. The molecule has 0 N–H and O–H groups in total.